The van der Waals surface area contributed by atoms with Gasteiger partial charge in [0.25, 0.3) is 0 Å². The van der Waals surface area contributed by atoms with Crippen molar-refractivity contribution in [2.75, 3.05) is 13.2 Å². The Morgan fingerprint density at radius 1 is 1.75 bits per heavy atom. The zero-order valence-electron chi connectivity index (χ0n) is 5.06. The minimum atomic E-state index is 0.351. The van der Waals surface area contributed by atoms with Crippen LogP contribution < -0.4 is 0 Å². The lowest BCUT2D eigenvalue weighted by Crippen LogP contribution is -2.34. The number of ether oxygens (including phenoxy) is 1. The van der Waals surface area contributed by atoms with Crippen molar-refractivity contribution < 1.29 is 4.74 Å². The summed E-state index contributed by atoms with van der Waals surface area (Å²) < 4.78 is 4.97. The van der Waals surface area contributed by atoms with Crippen LogP contribution in [0.4, 0.5) is 0 Å². The second-order valence-electron chi connectivity index (χ2n) is 2.22. The predicted molar refractivity (Wildman–Crippen MR) is 34.2 cm³/mol. The zero-order valence-corrected chi connectivity index (χ0v) is 5.82. The van der Waals surface area contributed by atoms with Gasteiger partial charge in [0.15, 0.2) is 0 Å². The van der Waals surface area contributed by atoms with Gasteiger partial charge in [-0.2, -0.15) is 0 Å². The van der Waals surface area contributed by atoms with Crippen LogP contribution in [-0.2, 0) is 4.74 Å². The lowest BCUT2D eigenvalue weighted by molar-refractivity contribution is -0.0336. The Balaban J connectivity index is 2.13. The molecule has 0 aromatic heterocycles. The van der Waals surface area contributed by atoms with E-state index in [9.17, 15) is 0 Å². The van der Waals surface area contributed by atoms with Crippen LogP contribution in [0.3, 0.4) is 0 Å². The first kappa shape index (κ1) is 6.37. The molecule has 0 bridgehead atoms. The summed E-state index contributed by atoms with van der Waals surface area (Å²) in [5, 5.41) is 0.351. The van der Waals surface area contributed by atoms with Crippen LogP contribution in [0.5, 0.6) is 0 Å². The summed E-state index contributed by atoms with van der Waals surface area (Å²) in [4.78, 5) is 0. The lowest BCUT2D eigenvalue weighted by Gasteiger charge is -2.29. The van der Waals surface area contributed by atoms with Crippen LogP contribution in [0.15, 0.2) is 0 Å². The molecule has 1 atom stereocenters. The molecule has 2 heteroatoms. The lowest BCUT2D eigenvalue weighted by atomic mass is 10.0. The molecule has 8 heavy (non-hydrogen) atoms. The minimum absolute atomic E-state index is 0.351. The fourth-order valence-corrected chi connectivity index (χ4v) is 0.942. The molecular weight excluding hydrogens is 124 g/mol. The number of alkyl halides is 1. The average molecular weight is 135 g/mol. The van der Waals surface area contributed by atoms with E-state index in [1.165, 1.54) is 0 Å². The van der Waals surface area contributed by atoms with Crippen LogP contribution >= 0.6 is 11.6 Å². The third-order valence-electron chi connectivity index (χ3n) is 1.57. The molecule has 0 N–H and O–H groups in total. The standard InChI is InChI=1S/C6H11ClO/c1-2-6(7)5-3-8-4-5/h5-6H,2-4H2,1H3. The molecule has 0 aromatic carbocycles. The third kappa shape index (κ3) is 1.15. The molecule has 1 fully saturated rings. The van der Waals surface area contributed by atoms with Gasteiger partial charge in [-0.3, -0.25) is 0 Å². The van der Waals surface area contributed by atoms with Gasteiger partial charge in [0.1, 0.15) is 0 Å². The van der Waals surface area contributed by atoms with Gasteiger partial charge in [-0.25, -0.2) is 0 Å². The summed E-state index contributed by atoms with van der Waals surface area (Å²) in [6.45, 7) is 3.86. The smallest absolute Gasteiger partial charge is 0.0530 e. The third-order valence-corrected chi connectivity index (χ3v) is 2.23. The van der Waals surface area contributed by atoms with E-state index in [-0.39, 0.29) is 0 Å². The number of hydrogen-bond donors (Lipinski definition) is 0. The van der Waals surface area contributed by atoms with Crippen molar-refractivity contribution in [3.8, 4) is 0 Å². The molecule has 1 nitrogen and oxygen atoms in total. The largest absolute Gasteiger partial charge is 0.381 e. The summed E-state index contributed by atoms with van der Waals surface area (Å²) in [7, 11) is 0. The summed E-state index contributed by atoms with van der Waals surface area (Å²) in [6, 6.07) is 0. The number of hydrogen-bond acceptors (Lipinski definition) is 1. The normalized spacial score (nSPS) is 24.8. The molecular formula is C6H11ClO. The van der Waals surface area contributed by atoms with Crippen molar-refractivity contribution in [1.29, 1.82) is 0 Å². The summed E-state index contributed by atoms with van der Waals surface area (Å²) in [6.07, 6.45) is 1.07. The maximum Gasteiger partial charge on any atom is 0.0530 e. The molecule has 0 spiro atoms. The number of halogens is 1. The highest BCUT2D eigenvalue weighted by Gasteiger charge is 2.24. The molecule has 48 valence electrons. The molecule has 1 heterocycles. The van der Waals surface area contributed by atoms with E-state index in [0.29, 0.717) is 11.3 Å². The quantitative estimate of drug-likeness (QED) is 0.522. The van der Waals surface area contributed by atoms with Crippen molar-refractivity contribution in [2.45, 2.75) is 18.7 Å². The van der Waals surface area contributed by atoms with Crippen LogP contribution in [0.2, 0.25) is 0 Å². The fourth-order valence-electron chi connectivity index (χ4n) is 0.796. The molecule has 1 saturated heterocycles. The van der Waals surface area contributed by atoms with Gasteiger partial charge in [-0.15, -0.1) is 11.6 Å². The topological polar surface area (TPSA) is 9.23 Å². The van der Waals surface area contributed by atoms with Crippen molar-refractivity contribution >= 4 is 11.6 Å². The van der Waals surface area contributed by atoms with Crippen LogP contribution in [0.25, 0.3) is 0 Å². The van der Waals surface area contributed by atoms with Gasteiger partial charge in [-0.1, -0.05) is 6.92 Å². The molecule has 0 amide bonds. The Labute approximate surface area is 55.0 Å². The van der Waals surface area contributed by atoms with E-state index in [1.54, 1.807) is 0 Å². The van der Waals surface area contributed by atoms with E-state index in [2.05, 4.69) is 6.92 Å². The van der Waals surface area contributed by atoms with E-state index >= 15 is 0 Å². The molecule has 1 aliphatic heterocycles. The van der Waals surface area contributed by atoms with E-state index < -0.39 is 0 Å². The maximum absolute atomic E-state index is 5.89. The Morgan fingerprint density at radius 2 is 2.38 bits per heavy atom. The molecule has 0 saturated carbocycles. The minimum Gasteiger partial charge on any atom is -0.381 e. The SMILES string of the molecule is CCC(Cl)C1COC1. The van der Waals surface area contributed by atoms with Crippen molar-refractivity contribution in [3.63, 3.8) is 0 Å². The van der Waals surface area contributed by atoms with Crippen molar-refractivity contribution in [2.24, 2.45) is 5.92 Å². The molecule has 0 aliphatic carbocycles. The van der Waals surface area contributed by atoms with Crippen LogP contribution in [0, 0.1) is 5.92 Å². The Kier molecular flexibility index (Phi) is 2.15. The highest BCUT2D eigenvalue weighted by molar-refractivity contribution is 6.20. The maximum atomic E-state index is 5.89. The summed E-state index contributed by atoms with van der Waals surface area (Å²) >= 11 is 5.89. The van der Waals surface area contributed by atoms with Crippen LogP contribution in [0.1, 0.15) is 13.3 Å². The molecule has 1 unspecified atom stereocenters. The zero-order chi connectivity index (χ0) is 5.98. The first-order valence-corrected chi connectivity index (χ1v) is 3.50. The van der Waals surface area contributed by atoms with Gasteiger partial charge in [0, 0.05) is 11.3 Å². The monoisotopic (exact) mass is 134 g/mol. The van der Waals surface area contributed by atoms with E-state index in [0.717, 1.165) is 19.6 Å². The molecule has 1 aliphatic rings. The van der Waals surface area contributed by atoms with Crippen LogP contribution in [-0.4, -0.2) is 18.6 Å². The second-order valence-corrected chi connectivity index (χ2v) is 2.78. The van der Waals surface area contributed by atoms with E-state index in [4.69, 9.17) is 16.3 Å². The Bertz CT molecular complexity index is 68.2. The van der Waals surface area contributed by atoms with Gasteiger partial charge in [-0.05, 0) is 6.42 Å². The number of rotatable bonds is 2. The Hall–Kier alpha value is 0.250. The molecule has 0 aromatic rings. The first-order valence-electron chi connectivity index (χ1n) is 3.06. The fraction of sp³-hybridized carbons (Fsp3) is 1.00. The van der Waals surface area contributed by atoms with Gasteiger partial charge >= 0.3 is 0 Å². The Morgan fingerprint density at radius 3 is 2.50 bits per heavy atom. The van der Waals surface area contributed by atoms with Gasteiger partial charge in [0.05, 0.1) is 13.2 Å². The van der Waals surface area contributed by atoms with E-state index in [1.807, 2.05) is 0 Å². The van der Waals surface area contributed by atoms with Crippen molar-refractivity contribution in [3.05, 3.63) is 0 Å². The average Bonchev–Trinajstić information content (AvgIpc) is 1.62. The summed E-state index contributed by atoms with van der Waals surface area (Å²) in [5.74, 6) is 0.640. The first-order chi connectivity index (χ1) is 3.84. The predicted octanol–water partition coefficient (Wildman–Crippen LogP) is 1.65. The highest BCUT2D eigenvalue weighted by Crippen LogP contribution is 2.21. The van der Waals surface area contributed by atoms with Gasteiger partial charge in [0.2, 0.25) is 0 Å². The second kappa shape index (κ2) is 2.70. The van der Waals surface area contributed by atoms with Gasteiger partial charge < -0.3 is 4.74 Å². The molecule has 0 radical (unpaired) electrons. The molecule has 1 rings (SSSR count). The highest BCUT2D eigenvalue weighted by atomic mass is 35.5. The van der Waals surface area contributed by atoms with Crippen molar-refractivity contribution in [1.82, 2.24) is 0 Å². The summed E-state index contributed by atoms with van der Waals surface area (Å²) in [5.41, 5.74) is 0.